The van der Waals surface area contributed by atoms with Gasteiger partial charge in [-0.2, -0.15) is 0 Å². The van der Waals surface area contributed by atoms with Gasteiger partial charge >= 0.3 is 6.09 Å². The molecule has 2 rings (SSSR count). The van der Waals surface area contributed by atoms with Crippen LogP contribution in [0, 0.1) is 0 Å². The van der Waals surface area contributed by atoms with E-state index in [1.807, 2.05) is 19.1 Å². The summed E-state index contributed by atoms with van der Waals surface area (Å²) in [5.74, 6) is 0. The van der Waals surface area contributed by atoms with E-state index in [0.717, 1.165) is 5.56 Å². The average Bonchev–Trinajstić information content (AvgIpc) is 2.58. The highest BCUT2D eigenvalue weighted by atomic mass is 35.5. The lowest BCUT2D eigenvalue weighted by Gasteiger charge is -2.19. The van der Waals surface area contributed by atoms with E-state index in [9.17, 15) is 4.79 Å². The van der Waals surface area contributed by atoms with Crippen LogP contribution in [0.1, 0.15) is 12.5 Å². The number of nitrogens with zero attached hydrogens (tertiary/aromatic N) is 1. The fourth-order valence-electron chi connectivity index (χ4n) is 1.81. The Morgan fingerprint density at radius 2 is 2.12 bits per heavy atom. The Hall–Kier alpha value is -1.26. The fraction of sp³-hybridized carbons (Fsp3) is 0.417. The van der Waals surface area contributed by atoms with Crippen LogP contribution in [0.4, 0.5) is 4.79 Å². The van der Waals surface area contributed by atoms with E-state index in [-0.39, 0.29) is 6.09 Å². The third kappa shape index (κ3) is 2.70. The summed E-state index contributed by atoms with van der Waals surface area (Å²) in [5.41, 5.74) is 6.04. The molecule has 17 heavy (non-hydrogen) atoms. The van der Waals surface area contributed by atoms with Crippen molar-refractivity contribution >= 4 is 17.7 Å². The summed E-state index contributed by atoms with van der Waals surface area (Å²) < 4.78 is 5.24. The van der Waals surface area contributed by atoms with E-state index < -0.39 is 5.60 Å². The summed E-state index contributed by atoms with van der Waals surface area (Å²) in [7, 11) is 0. The van der Waals surface area contributed by atoms with E-state index in [1.54, 1.807) is 17.0 Å². The standard InChI is InChI=1S/C12H15ClN2O2/c1-12(7-14)8-15(11(16)17-12)6-9-2-4-10(13)5-3-9/h2-5H,6-8,14H2,1H3. The van der Waals surface area contributed by atoms with Gasteiger partial charge in [-0.1, -0.05) is 23.7 Å². The molecule has 1 heterocycles. The number of carbonyl (C=O) groups excluding carboxylic acids is 1. The number of rotatable bonds is 3. The van der Waals surface area contributed by atoms with E-state index in [4.69, 9.17) is 22.1 Å². The van der Waals surface area contributed by atoms with Crippen molar-refractivity contribution in [2.45, 2.75) is 19.1 Å². The molecule has 1 aliphatic rings. The van der Waals surface area contributed by atoms with Gasteiger partial charge in [-0.05, 0) is 24.6 Å². The lowest BCUT2D eigenvalue weighted by Crippen LogP contribution is -2.38. The largest absolute Gasteiger partial charge is 0.440 e. The molecule has 1 fully saturated rings. The molecule has 1 amide bonds. The average molecular weight is 255 g/mol. The minimum atomic E-state index is -0.566. The van der Waals surface area contributed by atoms with Gasteiger partial charge in [0.1, 0.15) is 5.60 Å². The van der Waals surface area contributed by atoms with Crippen LogP contribution >= 0.6 is 11.6 Å². The first-order valence-electron chi connectivity index (χ1n) is 5.45. The van der Waals surface area contributed by atoms with Gasteiger partial charge in [0.25, 0.3) is 0 Å². The highest BCUT2D eigenvalue weighted by Gasteiger charge is 2.40. The van der Waals surface area contributed by atoms with Crippen molar-refractivity contribution < 1.29 is 9.53 Å². The molecule has 2 N–H and O–H groups in total. The van der Waals surface area contributed by atoms with Crippen molar-refractivity contribution in [3.05, 3.63) is 34.9 Å². The molecule has 1 aromatic carbocycles. The van der Waals surface area contributed by atoms with Crippen LogP contribution in [-0.4, -0.2) is 29.7 Å². The number of hydrogen-bond donors (Lipinski definition) is 1. The van der Waals surface area contributed by atoms with Gasteiger partial charge in [0.05, 0.1) is 6.54 Å². The van der Waals surface area contributed by atoms with E-state index in [0.29, 0.717) is 24.7 Å². The minimum Gasteiger partial charge on any atom is -0.440 e. The van der Waals surface area contributed by atoms with Crippen molar-refractivity contribution in [2.75, 3.05) is 13.1 Å². The Labute approximate surface area is 105 Å². The van der Waals surface area contributed by atoms with E-state index in [1.165, 1.54) is 0 Å². The predicted octanol–water partition coefficient (Wildman–Crippen LogP) is 2.01. The zero-order valence-corrected chi connectivity index (χ0v) is 10.4. The Kier molecular flexibility index (Phi) is 3.26. The molecular formula is C12H15ClN2O2. The van der Waals surface area contributed by atoms with Crippen molar-refractivity contribution in [3.63, 3.8) is 0 Å². The molecule has 1 saturated heterocycles. The minimum absolute atomic E-state index is 0.312. The topological polar surface area (TPSA) is 55.6 Å². The van der Waals surface area contributed by atoms with E-state index in [2.05, 4.69) is 0 Å². The second-order valence-corrected chi connectivity index (χ2v) is 4.94. The highest BCUT2D eigenvalue weighted by Crippen LogP contribution is 2.23. The third-order valence-electron chi connectivity index (χ3n) is 2.84. The number of carbonyl (C=O) groups is 1. The molecule has 0 aromatic heterocycles. The summed E-state index contributed by atoms with van der Waals surface area (Å²) >= 11 is 5.80. The van der Waals surface area contributed by atoms with Gasteiger partial charge in [-0.15, -0.1) is 0 Å². The van der Waals surface area contributed by atoms with Gasteiger partial charge in [-0.25, -0.2) is 4.79 Å². The molecule has 5 heteroatoms. The van der Waals surface area contributed by atoms with Gasteiger partial charge < -0.3 is 10.5 Å². The van der Waals surface area contributed by atoms with Crippen LogP contribution in [-0.2, 0) is 11.3 Å². The summed E-state index contributed by atoms with van der Waals surface area (Å²) in [6.45, 7) is 3.21. The fourth-order valence-corrected chi connectivity index (χ4v) is 1.94. The molecule has 1 aliphatic heterocycles. The maximum absolute atomic E-state index is 11.6. The molecular weight excluding hydrogens is 240 g/mol. The zero-order valence-electron chi connectivity index (χ0n) is 9.65. The SMILES string of the molecule is CC1(CN)CN(Cc2ccc(Cl)cc2)C(=O)O1. The Morgan fingerprint density at radius 3 is 2.65 bits per heavy atom. The summed E-state index contributed by atoms with van der Waals surface area (Å²) in [4.78, 5) is 13.3. The summed E-state index contributed by atoms with van der Waals surface area (Å²) in [5, 5.41) is 0.685. The summed E-state index contributed by atoms with van der Waals surface area (Å²) in [6, 6.07) is 7.41. The number of halogens is 1. The van der Waals surface area contributed by atoms with Crippen molar-refractivity contribution in [2.24, 2.45) is 5.73 Å². The van der Waals surface area contributed by atoms with Gasteiger partial charge in [0, 0.05) is 18.1 Å². The second kappa shape index (κ2) is 4.55. The number of benzene rings is 1. The Morgan fingerprint density at radius 1 is 1.47 bits per heavy atom. The third-order valence-corrected chi connectivity index (χ3v) is 3.09. The first-order valence-corrected chi connectivity index (χ1v) is 5.83. The smallest absolute Gasteiger partial charge is 0.410 e. The van der Waals surface area contributed by atoms with Crippen LogP contribution in [0.2, 0.25) is 5.02 Å². The van der Waals surface area contributed by atoms with Crippen molar-refractivity contribution in [3.8, 4) is 0 Å². The molecule has 1 atom stereocenters. The van der Waals surface area contributed by atoms with Crippen LogP contribution in [0.25, 0.3) is 0 Å². The lowest BCUT2D eigenvalue weighted by atomic mass is 10.1. The normalized spacial score (nSPS) is 23.9. The molecule has 0 radical (unpaired) electrons. The maximum atomic E-state index is 11.6. The molecule has 0 saturated carbocycles. The molecule has 0 aliphatic carbocycles. The monoisotopic (exact) mass is 254 g/mol. The van der Waals surface area contributed by atoms with Crippen LogP contribution < -0.4 is 5.73 Å². The molecule has 92 valence electrons. The number of ether oxygens (including phenoxy) is 1. The van der Waals surface area contributed by atoms with E-state index >= 15 is 0 Å². The van der Waals surface area contributed by atoms with Crippen molar-refractivity contribution in [1.82, 2.24) is 4.90 Å². The zero-order chi connectivity index (χ0) is 12.5. The highest BCUT2D eigenvalue weighted by molar-refractivity contribution is 6.30. The summed E-state index contributed by atoms with van der Waals surface area (Å²) in [6.07, 6.45) is -0.312. The lowest BCUT2D eigenvalue weighted by molar-refractivity contribution is 0.0781. The number of hydrogen-bond acceptors (Lipinski definition) is 3. The van der Waals surface area contributed by atoms with Crippen LogP contribution in [0.15, 0.2) is 24.3 Å². The molecule has 1 unspecified atom stereocenters. The van der Waals surface area contributed by atoms with Gasteiger partial charge in [-0.3, -0.25) is 4.90 Å². The Balaban J connectivity index is 2.05. The van der Waals surface area contributed by atoms with Gasteiger partial charge in [0.15, 0.2) is 0 Å². The maximum Gasteiger partial charge on any atom is 0.410 e. The quantitative estimate of drug-likeness (QED) is 0.898. The van der Waals surface area contributed by atoms with Crippen molar-refractivity contribution in [1.29, 1.82) is 0 Å². The molecule has 0 spiro atoms. The van der Waals surface area contributed by atoms with Crippen LogP contribution in [0.3, 0.4) is 0 Å². The molecule has 0 bridgehead atoms. The first kappa shape index (κ1) is 12.2. The Bertz CT molecular complexity index is 421. The number of amides is 1. The number of cyclic esters (lactones) is 1. The predicted molar refractivity (Wildman–Crippen MR) is 65.8 cm³/mol. The van der Waals surface area contributed by atoms with Crippen LogP contribution in [0.5, 0.6) is 0 Å². The first-order chi connectivity index (χ1) is 8.02. The second-order valence-electron chi connectivity index (χ2n) is 4.50. The molecule has 4 nitrogen and oxygen atoms in total. The van der Waals surface area contributed by atoms with Gasteiger partial charge in [0.2, 0.25) is 0 Å². The number of nitrogens with two attached hydrogens (primary N) is 1. The molecule has 1 aromatic rings.